The van der Waals surface area contributed by atoms with Crippen LogP contribution in [0.4, 0.5) is 5.69 Å². The summed E-state index contributed by atoms with van der Waals surface area (Å²) in [7, 11) is 0. The summed E-state index contributed by atoms with van der Waals surface area (Å²) >= 11 is 0. The van der Waals surface area contributed by atoms with E-state index in [0.717, 1.165) is 51.1 Å². The van der Waals surface area contributed by atoms with Gasteiger partial charge in [-0.2, -0.15) is 0 Å². The zero-order valence-electron chi connectivity index (χ0n) is 22.2. The van der Waals surface area contributed by atoms with Gasteiger partial charge in [0.25, 0.3) is 0 Å². The first-order chi connectivity index (χ1) is 17.4. The fourth-order valence-electron chi connectivity index (χ4n) is 5.17. The third kappa shape index (κ3) is 6.17. The van der Waals surface area contributed by atoms with Crippen LogP contribution < -0.4 is 4.90 Å². The first-order valence-electron chi connectivity index (χ1n) is 13.3. The molecule has 4 heteroatoms. The van der Waals surface area contributed by atoms with Crippen molar-refractivity contribution in [1.82, 2.24) is 4.90 Å². The van der Waals surface area contributed by atoms with Crippen molar-refractivity contribution in [1.29, 1.82) is 0 Å². The van der Waals surface area contributed by atoms with Gasteiger partial charge in [-0.05, 0) is 81.5 Å². The minimum absolute atomic E-state index is 0.113. The van der Waals surface area contributed by atoms with Crippen molar-refractivity contribution < 1.29 is 9.53 Å². The topological polar surface area (TPSA) is 32.8 Å². The van der Waals surface area contributed by atoms with E-state index < -0.39 is 5.41 Å². The lowest BCUT2D eigenvalue weighted by Gasteiger charge is -2.37. The van der Waals surface area contributed by atoms with E-state index in [4.69, 9.17) is 4.74 Å². The van der Waals surface area contributed by atoms with Crippen LogP contribution in [0.15, 0.2) is 78.9 Å². The van der Waals surface area contributed by atoms with Gasteiger partial charge in [0.05, 0.1) is 11.5 Å². The lowest BCUT2D eigenvalue weighted by Crippen LogP contribution is -2.47. The summed E-state index contributed by atoms with van der Waals surface area (Å²) < 4.78 is 5.67. The number of aryl methyl sites for hydroxylation is 1. The quantitative estimate of drug-likeness (QED) is 0.326. The Morgan fingerprint density at radius 3 is 2.31 bits per heavy atom. The van der Waals surface area contributed by atoms with E-state index in [1.54, 1.807) is 0 Å². The van der Waals surface area contributed by atoms with Gasteiger partial charge in [0.2, 0.25) is 0 Å². The third-order valence-electron chi connectivity index (χ3n) is 7.39. The highest BCUT2D eigenvalue weighted by Gasteiger charge is 2.37. The molecule has 0 bridgehead atoms. The summed E-state index contributed by atoms with van der Waals surface area (Å²) in [5, 5.41) is 0. The molecule has 0 aliphatic carbocycles. The maximum absolute atomic E-state index is 13.1. The summed E-state index contributed by atoms with van der Waals surface area (Å²) in [4.78, 5) is 18.1. The van der Waals surface area contributed by atoms with Gasteiger partial charge in [0.1, 0.15) is 0 Å². The van der Waals surface area contributed by atoms with Gasteiger partial charge in [0, 0.05) is 31.9 Å². The molecule has 0 radical (unpaired) electrons. The van der Waals surface area contributed by atoms with Crippen LogP contribution in [0.25, 0.3) is 11.1 Å². The number of anilines is 1. The molecule has 1 fully saturated rings. The molecule has 4 nitrogen and oxygen atoms in total. The Morgan fingerprint density at radius 2 is 1.61 bits per heavy atom. The summed E-state index contributed by atoms with van der Waals surface area (Å²) in [6.07, 6.45) is 1.63. The molecule has 190 valence electrons. The molecular weight excluding hydrogens is 444 g/mol. The smallest absolute Gasteiger partial charge is 0.316 e. The van der Waals surface area contributed by atoms with Crippen molar-refractivity contribution in [3.8, 4) is 11.1 Å². The highest BCUT2D eigenvalue weighted by Crippen LogP contribution is 2.32. The monoisotopic (exact) mass is 484 g/mol. The van der Waals surface area contributed by atoms with E-state index >= 15 is 0 Å². The van der Waals surface area contributed by atoms with Gasteiger partial charge in [-0.3, -0.25) is 9.69 Å². The van der Waals surface area contributed by atoms with Crippen molar-refractivity contribution in [3.63, 3.8) is 0 Å². The van der Waals surface area contributed by atoms with E-state index in [1.165, 1.54) is 22.4 Å². The number of hydrogen-bond acceptors (Lipinski definition) is 4. The average molecular weight is 485 g/mol. The molecule has 1 unspecified atom stereocenters. The molecule has 1 saturated heterocycles. The van der Waals surface area contributed by atoms with E-state index in [0.29, 0.717) is 0 Å². The second kappa shape index (κ2) is 11.7. The number of rotatable bonds is 9. The molecular formula is C32H40N2O2. The van der Waals surface area contributed by atoms with Crippen molar-refractivity contribution in [2.75, 3.05) is 37.6 Å². The predicted octanol–water partition coefficient (Wildman–Crippen LogP) is 6.47. The van der Waals surface area contributed by atoms with Crippen LogP contribution in [0, 0.1) is 6.92 Å². The molecule has 0 amide bonds. The second-order valence-electron chi connectivity index (χ2n) is 10.4. The molecule has 1 atom stereocenters. The molecule has 36 heavy (non-hydrogen) atoms. The Bertz CT molecular complexity index is 1140. The average Bonchev–Trinajstić information content (AvgIpc) is 2.89. The van der Waals surface area contributed by atoms with Crippen LogP contribution >= 0.6 is 0 Å². The number of hydrogen-bond donors (Lipinski definition) is 0. The fourth-order valence-corrected chi connectivity index (χ4v) is 5.17. The molecule has 0 N–H and O–H groups in total. The number of esters is 1. The van der Waals surface area contributed by atoms with Crippen LogP contribution in [0.5, 0.6) is 0 Å². The van der Waals surface area contributed by atoms with Crippen LogP contribution in [0.3, 0.4) is 0 Å². The van der Waals surface area contributed by atoms with Crippen molar-refractivity contribution in [2.45, 2.75) is 52.1 Å². The molecule has 1 aliphatic rings. The van der Waals surface area contributed by atoms with Crippen LogP contribution in [0.1, 0.15) is 44.7 Å². The number of ether oxygens (including phenoxy) is 1. The van der Waals surface area contributed by atoms with E-state index in [2.05, 4.69) is 65.3 Å². The van der Waals surface area contributed by atoms with Crippen LogP contribution in [-0.2, 0) is 14.9 Å². The number of piperazine rings is 1. The van der Waals surface area contributed by atoms with E-state index in [9.17, 15) is 4.79 Å². The molecule has 0 saturated carbocycles. The molecule has 3 aromatic carbocycles. The second-order valence-corrected chi connectivity index (χ2v) is 10.4. The molecule has 4 rings (SSSR count). The fraction of sp³-hybridized carbons (Fsp3) is 0.406. The lowest BCUT2D eigenvalue weighted by molar-refractivity contribution is -0.154. The minimum atomic E-state index is -0.622. The molecule has 3 aromatic rings. The van der Waals surface area contributed by atoms with Crippen LogP contribution in [0.2, 0.25) is 0 Å². The van der Waals surface area contributed by atoms with E-state index in [-0.39, 0.29) is 12.1 Å². The van der Waals surface area contributed by atoms with Crippen LogP contribution in [-0.4, -0.2) is 49.7 Å². The van der Waals surface area contributed by atoms with Gasteiger partial charge >= 0.3 is 5.97 Å². The number of carbonyl (C=O) groups is 1. The van der Waals surface area contributed by atoms with Gasteiger partial charge in [-0.15, -0.1) is 0 Å². The maximum atomic E-state index is 13.1. The first-order valence-corrected chi connectivity index (χ1v) is 13.3. The van der Waals surface area contributed by atoms with Crippen molar-refractivity contribution >= 4 is 11.7 Å². The number of benzene rings is 3. The summed E-state index contributed by atoms with van der Waals surface area (Å²) in [5.74, 6) is -0.123. The Morgan fingerprint density at radius 1 is 0.917 bits per heavy atom. The highest BCUT2D eigenvalue weighted by atomic mass is 16.5. The number of nitrogens with zero attached hydrogens (tertiary/aromatic N) is 2. The Kier molecular flexibility index (Phi) is 8.48. The number of carbonyl (C=O) groups excluding carboxylic acids is 1. The predicted molar refractivity (Wildman–Crippen MR) is 150 cm³/mol. The Balaban J connectivity index is 1.33. The largest absolute Gasteiger partial charge is 0.462 e. The van der Waals surface area contributed by atoms with E-state index in [1.807, 2.05) is 51.1 Å². The van der Waals surface area contributed by atoms with Gasteiger partial charge in [-0.1, -0.05) is 66.7 Å². The normalized spacial score (nSPS) is 16.1. The summed E-state index contributed by atoms with van der Waals surface area (Å²) in [6, 6.07) is 27.6. The molecule has 1 heterocycles. The third-order valence-corrected chi connectivity index (χ3v) is 7.39. The van der Waals surface area contributed by atoms with Crippen molar-refractivity contribution in [2.24, 2.45) is 0 Å². The molecule has 1 aliphatic heterocycles. The van der Waals surface area contributed by atoms with Gasteiger partial charge in [0.15, 0.2) is 0 Å². The molecule has 0 spiro atoms. The zero-order valence-corrected chi connectivity index (χ0v) is 22.2. The maximum Gasteiger partial charge on any atom is 0.316 e. The molecule has 0 aromatic heterocycles. The standard InChI is InChI=1S/C32H40N2O2/c1-25(2)36-31(35)32(4,28-14-6-5-7-15-28)18-11-19-33-20-22-34(23-21-33)29-16-10-13-27(24-29)30-17-9-8-12-26(30)3/h5-10,12-17,24-25H,11,18-23H2,1-4H3. The zero-order chi connectivity index (χ0) is 25.5. The van der Waals surface area contributed by atoms with Gasteiger partial charge < -0.3 is 9.64 Å². The van der Waals surface area contributed by atoms with Gasteiger partial charge in [-0.25, -0.2) is 0 Å². The Hall–Kier alpha value is -3.11. The first kappa shape index (κ1) is 26.0. The lowest BCUT2D eigenvalue weighted by atomic mass is 9.78. The summed E-state index contributed by atoms with van der Waals surface area (Å²) in [6.45, 7) is 13.1. The SMILES string of the molecule is Cc1ccccc1-c1cccc(N2CCN(CCCC(C)(C(=O)OC(C)C)c3ccccc3)CC2)c1. The summed E-state index contributed by atoms with van der Waals surface area (Å²) in [5.41, 5.74) is 5.59. The minimum Gasteiger partial charge on any atom is -0.462 e. The van der Waals surface area contributed by atoms with Crippen molar-refractivity contribution in [3.05, 3.63) is 90.0 Å². The highest BCUT2D eigenvalue weighted by molar-refractivity contribution is 5.82. The Labute approximate surface area is 216 Å².